The van der Waals surface area contributed by atoms with Crippen molar-refractivity contribution in [1.82, 2.24) is 4.90 Å². The molecule has 186 valence electrons. The second kappa shape index (κ2) is 19.2. The first kappa shape index (κ1) is 28.7. The summed E-state index contributed by atoms with van der Waals surface area (Å²) in [4.78, 5) is 25.8. The van der Waals surface area contributed by atoms with Gasteiger partial charge in [0.25, 0.3) is 0 Å². The van der Waals surface area contributed by atoms with Gasteiger partial charge in [0, 0.05) is 24.6 Å². The van der Waals surface area contributed by atoms with Crippen molar-refractivity contribution in [3.63, 3.8) is 0 Å². The molecular formula is C28H51NO3. The maximum absolute atomic E-state index is 12.2. The minimum absolute atomic E-state index is 0.305. The van der Waals surface area contributed by atoms with Crippen LogP contribution in [0.4, 0.5) is 0 Å². The number of nitrogens with zero attached hydrogens (tertiary/aromatic N) is 1. The molecule has 1 saturated heterocycles. The molecule has 0 aliphatic carbocycles. The first-order valence-electron chi connectivity index (χ1n) is 13.7. The smallest absolute Gasteiger partial charge is 0.333 e. The van der Waals surface area contributed by atoms with Crippen LogP contribution in [-0.2, 0) is 14.3 Å². The van der Waals surface area contributed by atoms with Crippen LogP contribution < -0.4 is 0 Å². The van der Waals surface area contributed by atoms with Gasteiger partial charge in [-0.15, -0.1) is 0 Å². The Morgan fingerprint density at radius 3 is 1.84 bits per heavy atom. The number of hydrogen-bond donors (Lipinski definition) is 0. The Morgan fingerprint density at radius 2 is 1.38 bits per heavy atom. The van der Waals surface area contributed by atoms with Crippen molar-refractivity contribution in [2.75, 3.05) is 13.2 Å². The molecule has 0 saturated carbocycles. The predicted octanol–water partition coefficient (Wildman–Crippen LogP) is 7.75. The lowest BCUT2D eigenvalue weighted by molar-refractivity contribution is -0.139. The molecule has 0 aromatic carbocycles. The van der Waals surface area contributed by atoms with E-state index in [-0.39, 0.29) is 5.97 Å². The van der Waals surface area contributed by atoms with Crippen LogP contribution in [0.15, 0.2) is 12.2 Å². The van der Waals surface area contributed by atoms with Crippen LogP contribution in [0.3, 0.4) is 0 Å². The number of rotatable bonds is 21. The van der Waals surface area contributed by atoms with Crippen molar-refractivity contribution >= 4 is 11.9 Å². The number of hydrogen-bond acceptors (Lipinski definition) is 3. The lowest BCUT2D eigenvalue weighted by Crippen LogP contribution is -2.36. The summed E-state index contributed by atoms with van der Waals surface area (Å²) in [6.45, 7) is 8.88. The van der Waals surface area contributed by atoms with Gasteiger partial charge >= 0.3 is 5.97 Å². The summed E-state index contributed by atoms with van der Waals surface area (Å²) < 4.78 is 5.23. The SMILES string of the molecule is C=C(C)C(=O)OCCCC(CCCCCCCCCCCCCCCC)N1CCCC1=O. The molecule has 1 rings (SSSR count). The molecule has 1 heterocycles. The summed E-state index contributed by atoms with van der Waals surface area (Å²) in [7, 11) is 0. The van der Waals surface area contributed by atoms with E-state index >= 15 is 0 Å². The molecule has 0 aromatic heterocycles. The molecule has 1 aliphatic rings. The van der Waals surface area contributed by atoms with Crippen molar-refractivity contribution in [2.45, 2.75) is 142 Å². The van der Waals surface area contributed by atoms with Crippen molar-refractivity contribution < 1.29 is 14.3 Å². The maximum Gasteiger partial charge on any atom is 0.333 e. The van der Waals surface area contributed by atoms with Gasteiger partial charge in [-0.25, -0.2) is 4.79 Å². The zero-order valence-corrected chi connectivity index (χ0v) is 21.3. The van der Waals surface area contributed by atoms with Crippen LogP contribution in [0.1, 0.15) is 136 Å². The average Bonchev–Trinajstić information content (AvgIpc) is 3.20. The van der Waals surface area contributed by atoms with Gasteiger partial charge in [0.05, 0.1) is 6.61 Å². The van der Waals surface area contributed by atoms with Crippen molar-refractivity contribution in [3.8, 4) is 0 Å². The molecule has 4 nitrogen and oxygen atoms in total. The van der Waals surface area contributed by atoms with Gasteiger partial charge < -0.3 is 9.64 Å². The third-order valence-corrected chi connectivity index (χ3v) is 6.70. The molecule has 0 N–H and O–H groups in total. The van der Waals surface area contributed by atoms with E-state index < -0.39 is 0 Å². The van der Waals surface area contributed by atoms with Crippen LogP contribution in [0, 0.1) is 0 Å². The van der Waals surface area contributed by atoms with Crippen LogP contribution in [0.5, 0.6) is 0 Å². The molecule has 32 heavy (non-hydrogen) atoms. The fourth-order valence-electron chi connectivity index (χ4n) is 4.69. The summed E-state index contributed by atoms with van der Waals surface area (Å²) in [5.41, 5.74) is 0.443. The molecule has 1 fully saturated rings. The van der Waals surface area contributed by atoms with E-state index in [9.17, 15) is 9.59 Å². The van der Waals surface area contributed by atoms with Crippen LogP contribution in [0.25, 0.3) is 0 Å². The second-order valence-electron chi connectivity index (χ2n) is 9.79. The van der Waals surface area contributed by atoms with E-state index in [0.717, 1.165) is 32.2 Å². The Bertz CT molecular complexity index is 517. The summed E-state index contributed by atoms with van der Waals surface area (Å²) >= 11 is 0. The normalized spacial score (nSPS) is 14.7. The molecule has 0 aromatic rings. The predicted molar refractivity (Wildman–Crippen MR) is 135 cm³/mol. The highest BCUT2D eigenvalue weighted by Gasteiger charge is 2.27. The average molecular weight is 450 g/mol. The number of unbranched alkanes of at least 4 members (excludes halogenated alkanes) is 13. The summed E-state index contributed by atoms with van der Waals surface area (Å²) in [6, 6.07) is 0.311. The van der Waals surface area contributed by atoms with Gasteiger partial charge in [0.1, 0.15) is 0 Å². The summed E-state index contributed by atoms with van der Waals surface area (Å²) in [5, 5.41) is 0. The fourth-order valence-corrected chi connectivity index (χ4v) is 4.69. The Hall–Kier alpha value is -1.32. The van der Waals surface area contributed by atoms with Gasteiger partial charge in [-0.3, -0.25) is 4.79 Å². The molecule has 0 spiro atoms. The quantitative estimate of drug-likeness (QED) is 0.102. The molecule has 4 heteroatoms. The number of carbonyl (C=O) groups excluding carboxylic acids is 2. The molecule has 1 unspecified atom stereocenters. The van der Waals surface area contributed by atoms with E-state index in [2.05, 4.69) is 18.4 Å². The highest BCUT2D eigenvalue weighted by molar-refractivity contribution is 5.86. The standard InChI is InChI=1S/C28H51NO3/c1-4-5-6-7-8-9-10-11-12-13-14-15-16-17-20-26(29-23-18-22-27(29)30)21-19-24-32-28(31)25(2)3/h26H,2,4-24H2,1,3H3. The van der Waals surface area contributed by atoms with E-state index in [1.54, 1.807) is 6.92 Å². The number of ether oxygens (including phenoxy) is 1. The van der Waals surface area contributed by atoms with E-state index in [1.165, 1.54) is 89.9 Å². The minimum atomic E-state index is -0.314. The maximum atomic E-state index is 12.2. The number of amides is 1. The molecule has 0 radical (unpaired) electrons. The molecule has 1 atom stereocenters. The molecule has 1 aliphatic heterocycles. The van der Waals surface area contributed by atoms with Gasteiger partial charge in [-0.1, -0.05) is 103 Å². The highest BCUT2D eigenvalue weighted by Crippen LogP contribution is 2.22. The lowest BCUT2D eigenvalue weighted by atomic mass is 10.0. The van der Waals surface area contributed by atoms with Gasteiger partial charge in [0.2, 0.25) is 5.91 Å². The van der Waals surface area contributed by atoms with Crippen molar-refractivity contribution in [1.29, 1.82) is 0 Å². The lowest BCUT2D eigenvalue weighted by Gasteiger charge is -2.28. The van der Waals surface area contributed by atoms with Gasteiger partial charge in [0.15, 0.2) is 0 Å². The van der Waals surface area contributed by atoms with E-state index in [0.29, 0.717) is 30.5 Å². The Morgan fingerprint density at radius 1 is 0.875 bits per heavy atom. The monoisotopic (exact) mass is 449 g/mol. The summed E-state index contributed by atoms with van der Waals surface area (Å²) in [6.07, 6.45) is 23.6. The first-order chi connectivity index (χ1) is 15.6. The first-order valence-corrected chi connectivity index (χ1v) is 13.7. The topological polar surface area (TPSA) is 46.6 Å². The van der Waals surface area contributed by atoms with Crippen molar-refractivity contribution in [2.24, 2.45) is 0 Å². The van der Waals surface area contributed by atoms with Gasteiger partial charge in [-0.05, 0) is 32.6 Å². The third kappa shape index (κ3) is 14.0. The third-order valence-electron chi connectivity index (χ3n) is 6.70. The van der Waals surface area contributed by atoms with Crippen molar-refractivity contribution in [3.05, 3.63) is 12.2 Å². The van der Waals surface area contributed by atoms with E-state index in [1.807, 2.05) is 0 Å². The largest absolute Gasteiger partial charge is 0.462 e. The van der Waals surface area contributed by atoms with Crippen LogP contribution in [-0.4, -0.2) is 36.0 Å². The molecule has 1 amide bonds. The minimum Gasteiger partial charge on any atom is -0.462 e. The Kier molecular flexibility index (Phi) is 17.2. The molecule has 0 bridgehead atoms. The van der Waals surface area contributed by atoms with Gasteiger partial charge in [-0.2, -0.15) is 0 Å². The second-order valence-corrected chi connectivity index (χ2v) is 9.79. The van der Waals surface area contributed by atoms with E-state index in [4.69, 9.17) is 4.74 Å². The number of likely N-dealkylation sites (tertiary alicyclic amines) is 1. The zero-order chi connectivity index (χ0) is 23.4. The Labute approximate surface area is 198 Å². The fraction of sp³-hybridized carbons (Fsp3) is 0.857. The summed E-state index contributed by atoms with van der Waals surface area (Å²) in [5.74, 6) is -0.00920. The van der Waals surface area contributed by atoms with Crippen LogP contribution >= 0.6 is 0 Å². The number of esters is 1. The highest BCUT2D eigenvalue weighted by atomic mass is 16.5. The zero-order valence-electron chi connectivity index (χ0n) is 21.3. The van der Waals surface area contributed by atoms with Crippen LogP contribution in [0.2, 0.25) is 0 Å². The Balaban J connectivity index is 2.07. The number of carbonyl (C=O) groups is 2. The molecular weight excluding hydrogens is 398 g/mol.